The summed E-state index contributed by atoms with van der Waals surface area (Å²) in [6.45, 7) is 0. The first kappa shape index (κ1) is 10.7. The largest absolute Gasteiger partial charge is 0.549 e. The lowest BCUT2D eigenvalue weighted by molar-refractivity contribution is -0.324. The molecule has 0 spiro atoms. The maximum absolute atomic E-state index is 11.7. The van der Waals surface area contributed by atoms with Gasteiger partial charge in [0.25, 0.3) is 0 Å². The van der Waals surface area contributed by atoms with E-state index < -0.39 is 24.0 Å². The first-order chi connectivity index (χ1) is 5.30. The van der Waals surface area contributed by atoms with E-state index in [0.29, 0.717) is 7.11 Å². The molecular formula is C5H4F3O4-. The fourth-order valence-electron chi connectivity index (χ4n) is 0.481. The van der Waals surface area contributed by atoms with E-state index >= 15 is 0 Å². The standard InChI is InChI=1S/C5H5F3O4/c1-12-4(11)2(3(9)10)5(6,7)8/h2H,1H3,(H,9,10)/p-1. The van der Waals surface area contributed by atoms with Gasteiger partial charge in [0.2, 0.25) is 0 Å². The van der Waals surface area contributed by atoms with E-state index in [1.54, 1.807) is 0 Å². The minimum absolute atomic E-state index is 0.657. The average Bonchev–Trinajstić information content (AvgIpc) is 1.83. The van der Waals surface area contributed by atoms with E-state index in [-0.39, 0.29) is 0 Å². The van der Waals surface area contributed by atoms with Crippen LogP contribution in [-0.2, 0) is 14.3 Å². The molecule has 12 heavy (non-hydrogen) atoms. The predicted molar refractivity (Wildman–Crippen MR) is 26.6 cm³/mol. The lowest BCUT2D eigenvalue weighted by Crippen LogP contribution is -2.45. The number of hydrogen-bond donors (Lipinski definition) is 0. The number of halogens is 3. The second kappa shape index (κ2) is 3.42. The minimum atomic E-state index is -5.17. The Bertz CT molecular complexity index is 197. The third kappa shape index (κ3) is 2.40. The Morgan fingerprint density at radius 3 is 1.92 bits per heavy atom. The van der Waals surface area contributed by atoms with Crippen LogP contribution in [0.1, 0.15) is 0 Å². The van der Waals surface area contributed by atoms with Crippen LogP contribution in [0, 0.1) is 5.92 Å². The summed E-state index contributed by atoms with van der Waals surface area (Å²) in [5, 5.41) is 9.81. The fourth-order valence-corrected chi connectivity index (χ4v) is 0.481. The highest BCUT2D eigenvalue weighted by Gasteiger charge is 2.46. The van der Waals surface area contributed by atoms with Crippen molar-refractivity contribution in [3.63, 3.8) is 0 Å². The van der Waals surface area contributed by atoms with E-state index in [2.05, 4.69) is 4.74 Å². The molecule has 0 aliphatic heterocycles. The normalized spacial score (nSPS) is 13.7. The summed E-state index contributed by atoms with van der Waals surface area (Å²) in [5.74, 6) is -7.61. The molecule has 0 bridgehead atoms. The molecule has 0 heterocycles. The highest BCUT2D eigenvalue weighted by atomic mass is 19.4. The number of rotatable bonds is 2. The van der Waals surface area contributed by atoms with Crippen LogP contribution in [0.4, 0.5) is 13.2 Å². The van der Waals surface area contributed by atoms with E-state index in [9.17, 15) is 27.9 Å². The van der Waals surface area contributed by atoms with Crippen LogP contribution in [0.2, 0.25) is 0 Å². The summed E-state index contributed by atoms with van der Waals surface area (Å²) in [7, 11) is 0.657. The molecule has 70 valence electrons. The Kier molecular flexibility index (Phi) is 3.06. The van der Waals surface area contributed by atoms with Crippen LogP contribution in [-0.4, -0.2) is 25.2 Å². The molecule has 0 amide bonds. The molecule has 0 aliphatic rings. The van der Waals surface area contributed by atoms with Crippen molar-refractivity contribution in [2.45, 2.75) is 6.18 Å². The number of esters is 1. The number of ether oxygens (including phenoxy) is 1. The molecular weight excluding hydrogens is 181 g/mol. The monoisotopic (exact) mass is 185 g/mol. The zero-order valence-corrected chi connectivity index (χ0v) is 5.84. The SMILES string of the molecule is COC(=O)C(C(=O)[O-])C(F)(F)F. The first-order valence-electron chi connectivity index (χ1n) is 2.66. The first-order valence-corrected chi connectivity index (χ1v) is 2.66. The van der Waals surface area contributed by atoms with E-state index in [0.717, 1.165) is 0 Å². The summed E-state index contributed by atoms with van der Waals surface area (Å²) < 4.78 is 38.7. The topological polar surface area (TPSA) is 66.4 Å². The molecule has 7 heteroatoms. The van der Waals surface area contributed by atoms with Gasteiger partial charge in [-0.2, -0.15) is 13.2 Å². The van der Waals surface area contributed by atoms with Gasteiger partial charge in [0, 0.05) is 0 Å². The number of alkyl halides is 3. The second-order valence-corrected chi connectivity index (χ2v) is 1.82. The van der Waals surface area contributed by atoms with Crippen molar-refractivity contribution in [3.05, 3.63) is 0 Å². The number of carboxylic acid groups (broad SMARTS) is 1. The molecule has 0 rings (SSSR count). The minimum Gasteiger partial charge on any atom is -0.549 e. The van der Waals surface area contributed by atoms with Gasteiger partial charge in [-0.1, -0.05) is 0 Å². The maximum atomic E-state index is 11.7. The lowest BCUT2D eigenvalue weighted by Gasteiger charge is -2.17. The quantitative estimate of drug-likeness (QED) is 0.412. The highest BCUT2D eigenvalue weighted by molar-refractivity contribution is 5.93. The number of hydrogen-bond acceptors (Lipinski definition) is 4. The van der Waals surface area contributed by atoms with Gasteiger partial charge in [-0.25, -0.2) is 0 Å². The summed E-state index contributed by atoms with van der Waals surface area (Å²) in [5.41, 5.74) is 0. The Hall–Kier alpha value is -1.27. The Morgan fingerprint density at radius 2 is 1.83 bits per heavy atom. The smallest absolute Gasteiger partial charge is 0.407 e. The molecule has 0 saturated carbocycles. The number of carbonyl (C=O) groups is 2. The Balaban J connectivity index is 4.68. The maximum Gasteiger partial charge on any atom is 0.407 e. The fraction of sp³-hybridized carbons (Fsp3) is 0.600. The summed E-state index contributed by atoms with van der Waals surface area (Å²) >= 11 is 0. The second-order valence-electron chi connectivity index (χ2n) is 1.82. The third-order valence-corrected chi connectivity index (χ3v) is 1.000. The van der Waals surface area contributed by atoms with Crippen molar-refractivity contribution in [1.29, 1.82) is 0 Å². The zero-order chi connectivity index (χ0) is 9.94. The summed E-state index contributed by atoms with van der Waals surface area (Å²) in [4.78, 5) is 20.1. The van der Waals surface area contributed by atoms with Crippen LogP contribution in [0.25, 0.3) is 0 Å². The van der Waals surface area contributed by atoms with Crippen molar-refractivity contribution in [1.82, 2.24) is 0 Å². The van der Waals surface area contributed by atoms with Gasteiger partial charge in [-0.15, -0.1) is 0 Å². The molecule has 0 aliphatic carbocycles. The molecule has 0 aromatic rings. The van der Waals surface area contributed by atoms with Gasteiger partial charge in [0.05, 0.1) is 13.1 Å². The van der Waals surface area contributed by atoms with Crippen molar-refractivity contribution in [3.8, 4) is 0 Å². The molecule has 1 atom stereocenters. The molecule has 1 unspecified atom stereocenters. The molecule has 0 aromatic carbocycles. The average molecular weight is 185 g/mol. The van der Waals surface area contributed by atoms with E-state index in [1.165, 1.54) is 0 Å². The number of carbonyl (C=O) groups excluding carboxylic acids is 2. The van der Waals surface area contributed by atoms with Gasteiger partial charge >= 0.3 is 12.1 Å². The molecule has 0 N–H and O–H groups in total. The Labute approximate surface area is 64.9 Å². The van der Waals surface area contributed by atoms with Gasteiger partial charge in [-0.3, -0.25) is 4.79 Å². The van der Waals surface area contributed by atoms with Gasteiger partial charge in [0.15, 0.2) is 5.92 Å². The van der Waals surface area contributed by atoms with Crippen molar-refractivity contribution < 1.29 is 32.6 Å². The van der Waals surface area contributed by atoms with Crippen molar-refractivity contribution in [2.24, 2.45) is 5.92 Å². The molecule has 0 saturated heterocycles. The number of carboxylic acids is 1. The third-order valence-electron chi connectivity index (χ3n) is 1.000. The highest BCUT2D eigenvalue weighted by Crippen LogP contribution is 2.26. The van der Waals surface area contributed by atoms with Crippen LogP contribution < -0.4 is 5.11 Å². The number of aliphatic carboxylic acids is 1. The summed E-state index contributed by atoms with van der Waals surface area (Å²) in [6.07, 6.45) is -5.17. The van der Waals surface area contributed by atoms with Crippen molar-refractivity contribution in [2.75, 3.05) is 7.11 Å². The van der Waals surface area contributed by atoms with Crippen LogP contribution in [0.5, 0.6) is 0 Å². The van der Waals surface area contributed by atoms with Gasteiger partial charge in [0.1, 0.15) is 0 Å². The van der Waals surface area contributed by atoms with E-state index in [1.807, 2.05) is 0 Å². The van der Waals surface area contributed by atoms with Crippen LogP contribution >= 0.6 is 0 Å². The molecule has 0 radical (unpaired) electrons. The molecule has 4 nitrogen and oxygen atoms in total. The van der Waals surface area contributed by atoms with Gasteiger partial charge < -0.3 is 14.6 Å². The summed E-state index contributed by atoms with van der Waals surface area (Å²) in [6, 6.07) is 0. The lowest BCUT2D eigenvalue weighted by atomic mass is 10.1. The van der Waals surface area contributed by atoms with Crippen molar-refractivity contribution >= 4 is 11.9 Å². The zero-order valence-electron chi connectivity index (χ0n) is 5.84. The Morgan fingerprint density at radius 1 is 1.42 bits per heavy atom. The van der Waals surface area contributed by atoms with Crippen LogP contribution in [0.15, 0.2) is 0 Å². The number of methoxy groups -OCH3 is 1. The van der Waals surface area contributed by atoms with E-state index in [4.69, 9.17) is 0 Å². The predicted octanol–water partition coefficient (Wildman–Crippen LogP) is -0.912. The molecule has 0 aromatic heterocycles. The molecule has 0 fully saturated rings. The van der Waals surface area contributed by atoms with Gasteiger partial charge in [-0.05, 0) is 0 Å². The van der Waals surface area contributed by atoms with Crippen LogP contribution in [0.3, 0.4) is 0 Å².